The number of nitrogens with zero attached hydrogens (tertiary/aromatic N) is 1. The molecule has 1 N–H and O–H groups in total. The lowest BCUT2D eigenvalue weighted by Crippen LogP contribution is -2.06. The molecule has 0 atom stereocenters. The van der Waals surface area contributed by atoms with Gasteiger partial charge in [0, 0.05) is 30.4 Å². The Labute approximate surface area is 129 Å². The van der Waals surface area contributed by atoms with Crippen LogP contribution in [0.1, 0.15) is 11.3 Å². The Kier molecular flexibility index (Phi) is 4.35. The largest absolute Gasteiger partial charge is 0.395 e. The number of aliphatic hydroxyl groups excluding tert-OH is 1. The summed E-state index contributed by atoms with van der Waals surface area (Å²) in [5, 5.41) is 9.26. The van der Waals surface area contributed by atoms with Crippen LogP contribution in [0.5, 0.6) is 0 Å². The van der Waals surface area contributed by atoms with E-state index < -0.39 is 0 Å². The van der Waals surface area contributed by atoms with Crippen LogP contribution >= 0.6 is 0 Å². The lowest BCUT2D eigenvalue weighted by Gasteiger charge is -2.11. The van der Waals surface area contributed by atoms with Crippen molar-refractivity contribution in [1.82, 2.24) is 4.57 Å². The molecule has 0 bridgehead atoms. The average molecular weight is 295 g/mol. The van der Waals surface area contributed by atoms with E-state index in [1.54, 1.807) is 12.1 Å². The highest BCUT2D eigenvalue weighted by Crippen LogP contribution is 2.27. The molecule has 3 aromatic rings. The third-order valence-electron chi connectivity index (χ3n) is 3.79. The van der Waals surface area contributed by atoms with Crippen molar-refractivity contribution < 1.29 is 9.50 Å². The van der Waals surface area contributed by atoms with Gasteiger partial charge in [-0.05, 0) is 29.3 Å². The molecule has 0 radical (unpaired) electrons. The molecule has 3 heteroatoms. The highest BCUT2D eigenvalue weighted by molar-refractivity contribution is 5.67. The molecular weight excluding hydrogens is 277 g/mol. The first-order chi connectivity index (χ1) is 10.8. The number of aromatic nitrogens is 1. The minimum Gasteiger partial charge on any atom is -0.395 e. The topological polar surface area (TPSA) is 25.2 Å². The minimum atomic E-state index is -0.233. The van der Waals surface area contributed by atoms with Gasteiger partial charge in [-0.2, -0.15) is 0 Å². The van der Waals surface area contributed by atoms with E-state index >= 15 is 0 Å². The predicted molar refractivity (Wildman–Crippen MR) is 86.2 cm³/mol. The summed E-state index contributed by atoms with van der Waals surface area (Å²) in [6.07, 6.45) is 2.76. The highest BCUT2D eigenvalue weighted by Gasteiger charge is 2.11. The first kappa shape index (κ1) is 14.5. The van der Waals surface area contributed by atoms with E-state index in [1.165, 1.54) is 17.7 Å². The van der Waals surface area contributed by atoms with Gasteiger partial charge in [-0.3, -0.25) is 0 Å². The molecule has 0 unspecified atom stereocenters. The fourth-order valence-corrected chi connectivity index (χ4v) is 2.70. The van der Waals surface area contributed by atoms with Crippen molar-refractivity contribution in [3.8, 4) is 11.1 Å². The van der Waals surface area contributed by atoms with Gasteiger partial charge in [0.2, 0.25) is 0 Å². The van der Waals surface area contributed by atoms with Crippen molar-refractivity contribution in [2.24, 2.45) is 0 Å². The zero-order valence-electron chi connectivity index (χ0n) is 12.2. The van der Waals surface area contributed by atoms with Crippen LogP contribution in [0, 0.1) is 5.82 Å². The molecule has 0 aliphatic rings. The Morgan fingerprint density at radius 3 is 2.32 bits per heavy atom. The SMILES string of the molecule is OCCn1ccc(-c2ccc(F)cc2)c1Cc1ccccc1. The molecule has 1 aromatic heterocycles. The maximum absolute atomic E-state index is 13.1. The molecule has 2 aromatic carbocycles. The van der Waals surface area contributed by atoms with Gasteiger partial charge in [0.1, 0.15) is 5.82 Å². The molecule has 112 valence electrons. The molecule has 0 saturated heterocycles. The monoisotopic (exact) mass is 295 g/mol. The number of hydrogen-bond donors (Lipinski definition) is 1. The summed E-state index contributed by atoms with van der Waals surface area (Å²) in [6, 6.07) is 18.8. The zero-order valence-corrected chi connectivity index (χ0v) is 12.2. The van der Waals surface area contributed by atoms with Crippen LogP contribution in [0.4, 0.5) is 4.39 Å². The number of halogens is 1. The van der Waals surface area contributed by atoms with Crippen molar-refractivity contribution in [3.63, 3.8) is 0 Å². The maximum atomic E-state index is 13.1. The second-order valence-corrected chi connectivity index (χ2v) is 5.26. The van der Waals surface area contributed by atoms with Crippen LogP contribution in [0.25, 0.3) is 11.1 Å². The standard InChI is InChI=1S/C19H18FNO/c20-17-8-6-16(7-9-17)18-10-11-21(12-13-22)19(18)14-15-4-2-1-3-5-15/h1-11,22H,12-14H2. The smallest absolute Gasteiger partial charge is 0.123 e. The van der Waals surface area contributed by atoms with E-state index in [-0.39, 0.29) is 12.4 Å². The van der Waals surface area contributed by atoms with Crippen molar-refractivity contribution in [3.05, 3.63) is 83.9 Å². The summed E-state index contributed by atoms with van der Waals surface area (Å²) < 4.78 is 15.2. The third-order valence-corrected chi connectivity index (χ3v) is 3.79. The Bertz CT molecular complexity index is 732. The van der Waals surface area contributed by atoms with E-state index in [9.17, 15) is 9.50 Å². The summed E-state index contributed by atoms with van der Waals surface area (Å²) >= 11 is 0. The van der Waals surface area contributed by atoms with Crippen molar-refractivity contribution >= 4 is 0 Å². The third kappa shape index (κ3) is 3.10. The van der Waals surface area contributed by atoms with Gasteiger partial charge in [0.05, 0.1) is 6.61 Å². The van der Waals surface area contributed by atoms with Gasteiger partial charge in [-0.15, -0.1) is 0 Å². The average Bonchev–Trinajstić information content (AvgIpc) is 2.92. The van der Waals surface area contributed by atoms with Gasteiger partial charge in [0.25, 0.3) is 0 Å². The molecule has 2 nitrogen and oxygen atoms in total. The van der Waals surface area contributed by atoms with Crippen LogP contribution < -0.4 is 0 Å². The molecular formula is C19H18FNO. The van der Waals surface area contributed by atoms with E-state index in [0.29, 0.717) is 6.54 Å². The summed E-state index contributed by atoms with van der Waals surface area (Å²) in [7, 11) is 0. The Morgan fingerprint density at radius 1 is 0.909 bits per heavy atom. The Balaban J connectivity index is 2.01. The molecule has 0 fully saturated rings. The van der Waals surface area contributed by atoms with Gasteiger partial charge in [0.15, 0.2) is 0 Å². The normalized spacial score (nSPS) is 10.8. The Hall–Kier alpha value is -2.39. The van der Waals surface area contributed by atoms with Crippen LogP contribution in [0.3, 0.4) is 0 Å². The summed E-state index contributed by atoms with van der Waals surface area (Å²) in [5.74, 6) is -0.233. The van der Waals surface area contributed by atoms with Gasteiger partial charge < -0.3 is 9.67 Å². The Morgan fingerprint density at radius 2 is 1.64 bits per heavy atom. The predicted octanol–water partition coefficient (Wildman–Crippen LogP) is 3.88. The molecule has 1 heterocycles. The number of aliphatic hydroxyl groups is 1. The van der Waals surface area contributed by atoms with E-state index in [1.807, 2.05) is 30.5 Å². The van der Waals surface area contributed by atoms with Crippen LogP contribution in [-0.4, -0.2) is 16.3 Å². The molecule has 3 rings (SSSR count). The first-order valence-electron chi connectivity index (χ1n) is 7.36. The second-order valence-electron chi connectivity index (χ2n) is 5.26. The van der Waals surface area contributed by atoms with Gasteiger partial charge >= 0.3 is 0 Å². The number of hydrogen-bond acceptors (Lipinski definition) is 1. The lowest BCUT2D eigenvalue weighted by atomic mass is 10.0. The van der Waals surface area contributed by atoms with Crippen molar-refractivity contribution in [2.75, 3.05) is 6.61 Å². The molecule has 22 heavy (non-hydrogen) atoms. The summed E-state index contributed by atoms with van der Waals surface area (Å²) in [6.45, 7) is 0.655. The van der Waals surface area contributed by atoms with Crippen molar-refractivity contribution in [2.45, 2.75) is 13.0 Å². The van der Waals surface area contributed by atoms with Gasteiger partial charge in [-0.1, -0.05) is 42.5 Å². The van der Waals surface area contributed by atoms with E-state index in [4.69, 9.17) is 0 Å². The van der Waals surface area contributed by atoms with E-state index in [0.717, 1.165) is 23.2 Å². The molecule has 0 spiro atoms. The quantitative estimate of drug-likeness (QED) is 0.759. The van der Waals surface area contributed by atoms with Crippen LogP contribution in [0.15, 0.2) is 66.9 Å². The number of benzene rings is 2. The maximum Gasteiger partial charge on any atom is 0.123 e. The van der Waals surface area contributed by atoms with Crippen LogP contribution in [0.2, 0.25) is 0 Å². The van der Waals surface area contributed by atoms with Gasteiger partial charge in [-0.25, -0.2) is 4.39 Å². The first-order valence-corrected chi connectivity index (χ1v) is 7.36. The van der Waals surface area contributed by atoms with Crippen molar-refractivity contribution in [1.29, 1.82) is 0 Å². The number of rotatable bonds is 5. The van der Waals surface area contributed by atoms with E-state index in [2.05, 4.69) is 16.7 Å². The molecule has 0 saturated carbocycles. The minimum absolute atomic E-state index is 0.0966. The molecule has 0 aliphatic heterocycles. The zero-order chi connectivity index (χ0) is 15.4. The second kappa shape index (κ2) is 6.58. The fraction of sp³-hybridized carbons (Fsp3) is 0.158. The summed E-state index contributed by atoms with van der Waals surface area (Å²) in [4.78, 5) is 0. The highest BCUT2D eigenvalue weighted by atomic mass is 19.1. The lowest BCUT2D eigenvalue weighted by molar-refractivity contribution is 0.275. The molecule has 0 amide bonds. The fourth-order valence-electron chi connectivity index (χ4n) is 2.70. The summed E-state index contributed by atoms with van der Waals surface area (Å²) in [5.41, 5.74) is 4.41. The van der Waals surface area contributed by atoms with Crippen LogP contribution in [-0.2, 0) is 13.0 Å². The molecule has 0 aliphatic carbocycles.